The first-order chi connectivity index (χ1) is 16.7. The normalized spacial score (nSPS) is 14.2. The predicted molar refractivity (Wildman–Crippen MR) is 141 cm³/mol. The smallest absolute Gasteiger partial charge is 0.264 e. The highest BCUT2D eigenvalue weighted by molar-refractivity contribution is 7.92. The molecule has 6 heteroatoms. The quantitative estimate of drug-likeness (QED) is 0.471. The Balaban J connectivity index is 1.61. The van der Waals surface area contributed by atoms with E-state index in [9.17, 15) is 13.2 Å². The van der Waals surface area contributed by atoms with Crippen LogP contribution in [0.4, 0.5) is 5.69 Å². The first-order valence-corrected chi connectivity index (χ1v) is 13.7. The second kappa shape index (κ2) is 10.2. The van der Waals surface area contributed by atoms with Gasteiger partial charge in [0.25, 0.3) is 10.0 Å². The summed E-state index contributed by atoms with van der Waals surface area (Å²) >= 11 is 0. The minimum atomic E-state index is -3.95. The fraction of sp³-hybridized carbons (Fsp3) is 0.345. The van der Waals surface area contributed by atoms with E-state index in [0.29, 0.717) is 5.69 Å². The summed E-state index contributed by atoms with van der Waals surface area (Å²) in [4.78, 5) is 13.4. The molecule has 1 atom stereocenters. The van der Waals surface area contributed by atoms with Gasteiger partial charge in [-0.05, 0) is 99.4 Å². The van der Waals surface area contributed by atoms with Gasteiger partial charge in [0, 0.05) is 0 Å². The lowest BCUT2D eigenvalue weighted by molar-refractivity contribution is -0.120. The van der Waals surface area contributed by atoms with Crippen LogP contribution in [0, 0.1) is 20.8 Å². The Kier molecular flexibility index (Phi) is 7.31. The second-order valence-electron chi connectivity index (χ2n) is 9.57. The molecular formula is C29H34N2O3S. The summed E-state index contributed by atoms with van der Waals surface area (Å²) < 4.78 is 28.6. The van der Waals surface area contributed by atoms with Crippen molar-refractivity contribution in [1.29, 1.82) is 0 Å². The van der Waals surface area contributed by atoms with Crippen molar-refractivity contribution in [3.63, 3.8) is 0 Å². The van der Waals surface area contributed by atoms with Crippen LogP contribution in [0.2, 0.25) is 0 Å². The molecule has 4 rings (SSSR count). The molecule has 3 aromatic carbocycles. The van der Waals surface area contributed by atoms with Crippen LogP contribution in [0.1, 0.15) is 59.2 Å². The molecule has 0 bridgehead atoms. The number of nitrogens with one attached hydrogen (secondary N) is 1. The average molecular weight is 491 g/mol. The molecule has 35 heavy (non-hydrogen) atoms. The molecule has 0 fully saturated rings. The van der Waals surface area contributed by atoms with Crippen molar-refractivity contribution >= 4 is 21.6 Å². The van der Waals surface area contributed by atoms with Crippen LogP contribution in [-0.2, 0) is 27.7 Å². The van der Waals surface area contributed by atoms with Crippen LogP contribution in [0.3, 0.4) is 0 Å². The van der Waals surface area contributed by atoms with E-state index in [1.165, 1.54) is 28.3 Å². The molecule has 0 radical (unpaired) electrons. The molecule has 184 valence electrons. The highest BCUT2D eigenvalue weighted by Gasteiger charge is 2.29. The molecule has 0 unspecified atom stereocenters. The maximum absolute atomic E-state index is 13.7. The van der Waals surface area contributed by atoms with Gasteiger partial charge in [0.15, 0.2) is 0 Å². The maximum Gasteiger partial charge on any atom is 0.264 e. The molecule has 0 aliphatic heterocycles. The van der Waals surface area contributed by atoms with Crippen molar-refractivity contribution in [2.24, 2.45) is 0 Å². The van der Waals surface area contributed by atoms with E-state index in [1.807, 2.05) is 39.8 Å². The van der Waals surface area contributed by atoms with Gasteiger partial charge >= 0.3 is 0 Å². The van der Waals surface area contributed by atoms with Crippen LogP contribution in [-0.4, -0.2) is 20.9 Å². The summed E-state index contributed by atoms with van der Waals surface area (Å²) in [5.41, 5.74) is 7.07. The van der Waals surface area contributed by atoms with Crippen molar-refractivity contribution in [1.82, 2.24) is 5.32 Å². The SMILES string of the molecule is Cc1ccc(S(=O)(=O)N(CC(=O)N[C@H](C)c2ccc3c(c2)CCCC3)c2cccc(C)c2C)cc1. The monoisotopic (exact) mass is 490 g/mol. The van der Waals surface area contributed by atoms with Crippen LogP contribution in [0.15, 0.2) is 65.6 Å². The second-order valence-corrected chi connectivity index (χ2v) is 11.4. The lowest BCUT2D eigenvalue weighted by atomic mass is 9.89. The Morgan fingerprint density at radius 1 is 0.943 bits per heavy atom. The van der Waals surface area contributed by atoms with Crippen LogP contribution >= 0.6 is 0 Å². The highest BCUT2D eigenvalue weighted by atomic mass is 32.2. The Bertz CT molecular complexity index is 1330. The highest BCUT2D eigenvalue weighted by Crippen LogP contribution is 2.29. The summed E-state index contributed by atoms with van der Waals surface area (Å²) in [6.07, 6.45) is 4.60. The van der Waals surface area contributed by atoms with Gasteiger partial charge in [-0.25, -0.2) is 8.42 Å². The third-order valence-corrected chi connectivity index (χ3v) is 8.76. The zero-order valence-corrected chi connectivity index (χ0v) is 21.8. The topological polar surface area (TPSA) is 66.5 Å². The molecule has 0 saturated carbocycles. The molecule has 1 N–H and O–H groups in total. The number of benzene rings is 3. The Hall–Kier alpha value is -3.12. The first kappa shape index (κ1) is 25.0. The summed E-state index contributed by atoms with van der Waals surface area (Å²) in [7, 11) is -3.95. The number of aryl methyl sites for hydroxylation is 4. The fourth-order valence-corrected chi connectivity index (χ4v) is 6.14. The molecule has 3 aromatic rings. The molecular weight excluding hydrogens is 456 g/mol. The molecule has 1 aliphatic rings. The Morgan fingerprint density at radius 3 is 2.34 bits per heavy atom. The van der Waals surface area contributed by atoms with E-state index in [0.717, 1.165) is 35.1 Å². The minimum absolute atomic E-state index is 0.166. The van der Waals surface area contributed by atoms with Crippen molar-refractivity contribution in [2.45, 2.75) is 64.3 Å². The summed E-state index contributed by atoms with van der Waals surface area (Å²) in [6, 6.07) is 18.4. The number of fused-ring (bicyclic) bond motifs is 1. The standard InChI is InChI=1S/C29H34N2O3S/c1-20-12-16-27(17-13-20)35(33,34)31(28-11-7-8-21(2)22(28)3)19-29(32)30-23(4)25-15-14-24-9-5-6-10-26(24)18-25/h7-8,11-18,23H,5-6,9-10,19H2,1-4H3,(H,30,32)/t23-/m1/s1. The van der Waals surface area contributed by atoms with Crippen molar-refractivity contribution in [2.75, 3.05) is 10.8 Å². The molecule has 0 spiro atoms. The molecule has 0 aromatic heterocycles. The lowest BCUT2D eigenvalue weighted by Gasteiger charge is -2.27. The van der Waals surface area contributed by atoms with Gasteiger partial charge in [0.05, 0.1) is 16.6 Å². The molecule has 0 heterocycles. The number of anilines is 1. The molecule has 1 amide bonds. The van der Waals surface area contributed by atoms with Gasteiger partial charge < -0.3 is 5.32 Å². The summed E-state index contributed by atoms with van der Waals surface area (Å²) in [5, 5.41) is 3.02. The predicted octanol–water partition coefficient (Wildman–Crippen LogP) is 5.56. The van der Waals surface area contributed by atoms with Crippen LogP contribution in [0.5, 0.6) is 0 Å². The number of carbonyl (C=O) groups excluding carboxylic acids is 1. The Labute approximate surface area is 209 Å². The third-order valence-electron chi connectivity index (χ3n) is 6.99. The number of nitrogens with zero attached hydrogens (tertiary/aromatic N) is 1. The van der Waals surface area contributed by atoms with Gasteiger partial charge in [0.1, 0.15) is 6.54 Å². The van der Waals surface area contributed by atoms with Crippen molar-refractivity contribution in [3.05, 3.63) is 94.0 Å². The van der Waals surface area contributed by atoms with Gasteiger partial charge in [-0.2, -0.15) is 0 Å². The third kappa shape index (κ3) is 5.43. The molecule has 5 nitrogen and oxygen atoms in total. The van der Waals surface area contributed by atoms with Gasteiger partial charge in [0.2, 0.25) is 5.91 Å². The zero-order chi connectivity index (χ0) is 25.2. The fourth-order valence-electron chi connectivity index (χ4n) is 4.67. The van der Waals surface area contributed by atoms with Crippen LogP contribution < -0.4 is 9.62 Å². The number of hydrogen-bond donors (Lipinski definition) is 1. The number of sulfonamides is 1. The van der Waals surface area contributed by atoms with E-state index < -0.39 is 10.0 Å². The first-order valence-electron chi connectivity index (χ1n) is 12.2. The van der Waals surface area contributed by atoms with E-state index in [2.05, 4.69) is 23.5 Å². The summed E-state index contributed by atoms with van der Waals surface area (Å²) in [6.45, 7) is 7.38. The zero-order valence-electron chi connectivity index (χ0n) is 21.0. The van der Waals surface area contributed by atoms with Gasteiger partial charge in [-0.3, -0.25) is 9.10 Å². The maximum atomic E-state index is 13.7. The van der Waals surface area contributed by atoms with Crippen LogP contribution in [0.25, 0.3) is 0 Å². The molecule has 0 saturated heterocycles. The van der Waals surface area contributed by atoms with E-state index >= 15 is 0 Å². The minimum Gasteiger partial charge on any atom is -0.348 e. The largest absolute Gasteiger partial charge is 0.348 e. The van der Waals surface area contributed by atoms with Crippen molar-refractivity contribution in [3.8, 4) is 0 Å². The van der Waals surface area contributed by atoms with Gasteiger partial charge in [-0.15, -0.1) is 0 Å². The summed E-state index contributed by atoms with van der Waals surface area (Å²) in [5.74, 6) is -0.341. The lowest BCUT2D eigenvalue weighted by Crippen LogP contribution is -2.42. The van der Waals surface area contributed by atoms with Gasteiger partial charge in [-0.1, -0.05) is 48.0 Å². The average Bonchev–Trinajstić information content (AvgIpc) is 2.84. The van der Waals surface area contributed by atoms with E-state index in [1.54, 1.807) is 30.3 Å². The number of carbonyl (C=O) groups is 1. The number of amides is 1. The molecule has 1 aliphatic carbocycles. The number of hydrogen-bond acceptors (Lipinski definition) is 3. The van der Waals surface area contributed by atoms with Crippen molar-refractivity contribution < 1.29 is 13.2 Å². The number of rotatable bonds is 7. The Morgan fingerprint density at radius 2 is 1.63 bits per heavy atom. The van der Waals surface area contributed by atoms with E-state index in [-0.39, 0.29) is 23.4 Å². The van der Waals surface area contributed by atoms with E-state index in [4.69, 9.17) is 0 Å².